The summed E-state index contributed by atoms with van der Waals surface area (Å²) >= 11 is 0. The van der Waals surface area contributed by atoms with Crippen LogP contribution in [0.2, 0.25) is 0 Å². The van der Waals surface area contributed by atoms with Crippen LogP contribution in [0, 0.1) is 0 Å². The molecule has 2 amide bonds. The van der Waals surface area contributed by atoms with Crippen LogP contribution in [0.5, 0.6) is 0 Å². The fourth-order valence-corrected chi connectivity index (χ4v) is 1.60. The fraction of sp³-hybridized carbons (Fsp3) is 0.273. The van der Waals surface area contributed by atoms with Gasteiger partial charge in [-0.3, -0.25) is 0 Å². The van der Waals surface area contributed by atoms with Crippen molar-refractivity contribution in [2.45, 2.75) is 0 Å². The summed E-state index contributed by atoms with van der Waals surface area (Å²) in [5, 5.41) is 5.31. The van der Waals surface area contributed by atoms with Gasteiger partial charge in [-0.1, -0.05) is 23.4 Å². The molecule has 0 unspecified atom stereocenters. The average Bonchev–Trinajstić information content (AvgIpc) is 2.90. The summed E-state index contributed by atoms with van der Waals surface area (Å²) < 4.78 is 0. The summed E-state index contributed by atoms with van der Waals surface area (Å²) in [5.74, 6) is -0.624. The zero-order chi connectivity index (χ0) is 13.0. The number of hydroxylamine groups is 1. The van der Waals surface area contributed by atoms with Gasteiger partial charge in [0, 0.05) is 13.1 Å². The molecule has 2 rings (SSSR count). The molecule has 3 N–H and O–H groups in total. The molecule has 1 aliphatic rings. The van der Waals surface area contributed by atoms with Crippen molar-refractivity contribution in [1.82, 2.24) is 15.5 Å². The first-order valence-electron chi connectivity index (χ1n) is 5.51. The van der Waals surface area contributed by atoms with E-state index in [1.165, 1.54) is 5.01 Å². The molecule has 0 aromatic heterocycles. The summed E-state index contributed by atoms with van der Waals surface area (Å²) in [6, 6.07) is 7.58. The van der Waals surface area contributed by atoms with Crippen molar-refractivity contribution < 1.29 is 14.4 Å². The average molecular weight is 274 g/mol. The van der Waals surface area contributed by atoms with E-state index in [0.29, 0.717) is 25.3 Å². The topological polar surface area (TPSA) is 87.9 Å². The van der Waals surface area contributed by atoms with Crippen LogP contribution in [-0.4, -0.2) is 71.5 Å². The van der Waals surface area contributed by atoms with Crippen LogP contribution in [0.1, 0.15) is 10.4 Å². The Hall–Kier alpha value is -1.12. The van der Waals surface area contributed by atoms with E-state index < -0.39 is 12.0 Å². The molecule has 8 heteroatoms. The number of nitrogens with two attached hydrogens (primary N) is 1. The van der Waals surface area contributed by atoms with Gasteiger partial charge in [-0.2, -0.15) is 5.01 Å². The first-order valence-corrected chi connectivity index (χ1v) is 5.51. The van der Waals surface area contributed by atoms with E-state index in [4.69, 9.17) is 10.6 Å². The molecule has 0 spiro atoms. The SMILES string of the molecule is NC(=O)N(OC(=O)c1ccccc1)N1CCNC1.[NaH]. The number of carbonyl (C=O) groups is 2. The Labute approximate surface area is 132 Å². The van der Waals surface area contributed by atoms with E-state index in [1.807, 2.05) is 0 Å². The second kappa shape index (κ2) is 7.46. The molecule has 1 aromatic rings. The summed E-state index contributed by atoms with van der Waals surface area (Å²) in [5.41, 5.74) is 5.54. The number of benzene rings is 1. The van der Waals surface area contributed by atoms with Crippen LogP contribution in [0.4, 0.5) is 4.79 Å². The first-order chi connectivity index (χ1) is 8.68. The number of carbonyl (C=O) groups excluding carboxylic acids is 2. The Morgan fingerprint density at radius 3 is 2.53 bits per heavy atom. The molecule has 19 heavy (non-hydrogen) atoms. The van der Waals surface area contributed by atoms with E-state index in [-0.39, 0.29) is 29.6 Å². The van der Waals surface area contributed by atoms with Gasteiger partial charge in [0.05, 0.1) is 12.2 Å². The van der Waals surface area contributed by atoms with Crippen LogP contribution >= 0.6 is 0 Å². The quantitative estimate of drug-likeness (QED) is 0.548. The monoisotopic (exact) mass is 274 g/mol. The molecule has 0 saturated carbocycles. The van der Waals surface area contributed by atoms with Crippen LogP contribution in [-0.2, 0) is 4.84 Å². The van der Waals surface area contributed by atoms with Gasteiger partial charge in [0.2, 0.25) is 0 Å². The standard InChI is InChI=1S/C11H14N4O3.Na.H/c12-11(17)15(14-7-6-13-8-14)18-10(16)9-4-2-1-3-5-9;;/h1-5,13H,6-8H2,(H2,12,17);;. The summed E-state index contributed by atoms with van der Waals surface area (Å²) in [6.45, 7) is 1.66. The minimum absolute atomic E-state index is 0. The summed E-state index contributed by atoms with van der Waals surface area (Å²) in [6.07, 6.45) is 0. The molecule has 0 atom stereocenters. The van der Waals surface area contributed by atoms with Crippen molar-refractivity contribution in [3.63, 3.8) is 0 Å². The molecule has 0 radical (unpaired) electrons. The van der Waals surface area contributed by atoms with Crippen molar-refractivity contribution >= 4 is 41.6 Å². The Kier molecular flexibility index (Phi) is 6.26. The molecule has 98 valence electrons. The zero-order valence-corrected chi connectivity index (χ0v) is 9.70. The van der Waals surface area contributed by atoms with Gasteiger partial charge in [-0.25, -0.2) is 9.59 Å². The first kappa shape index (κ1) is 15.9. The van der Waals surface area contributed by atoms with Gasteiger partial charge in [0.1, 0.15) is 0 Å². The molecule has 0 bridgehead atoms. The van der Waals surface area contributed by atoms with E-state index >= 15 is 0 Å². The summed E-state index contributed by atoms with van der Waals surface area (Å²) in [7, 11) is 0. The normalized spacial score (nSPS) is 14.5. The number of amides is 2. The molecule has 1 aromatic carbocycles. The number of nitrogens with zero attached hydrogens (tertiary/aromatic N) is 2. The van der Waals surface area contributed by atoms with Gasteiger partial charge in [0.25, 0.3) is 0 Å². The van der Waals surface area contributed by atoms with Gasteiger partial charge < -0.3 is 15.9 Å². The van der Waals surface area contributed by atoms with Crippen LogP contribution in [0.3, 0.4) is 0 Å². The van der Waals surface area contributed by atoms with Crippen LogP contribution in [0.25, 0.3) is 0 Å². The third kappa shape index (κ3) is 4.19. The van der Waals surface area contributed by atoms with E-state index in [2.05, 4.69) is 5.32 Å². The molecule has 1 fully saturated rings. The molecule has 1 aliphatic heterocycles. The van der Waals surface area contributed by atoms with Gasteiger partial charge in [-0.05, 0) is 12.1 Å². The van der Waals surface area contributed by atoms with Crippen LogP contribution in [0.15, 0.2) is 30.3 Å². The third-order valence-corrected chi connectivity index (χ3v) is 2.47. The Bertz CT molecular complexity index is 437. The van der Waals surface area contributed by atoms with Gasteiger partial charge >= 0.3 is 41.6 Å². The Morgan fingerprint density at radius 2 is 2.00 bits per heavy atom. The van der Waals surface area contributed by atoms with Crippen LogP contribution < -0.4 is 11.1 Å². The van der Waals surface area contributed by atoms with E-state index in [1.54, 1.807) is 30.3 Å². The number of hydrazine groups is 1. The molecular formula is C11H15N4NaO3. The number of nitrogens with one attached hydrogen (secondary N) is 1. The van der Waals surface area contributed by atoms with Gasteiger partial charge in [-0.15, -0.1) is 0 Å². The number of urea groups is 1. The van der Waals surface area contributed by atoms with Crippen molar-refractivity contribution in [2.75, 3.05) is 19.8 Å². The Morgan fingerprint density at radius 1 is 1.32 bits per heavy atom. The molecule has 1 saturated heterocycles. The van der Waals surface area contributed by atoms with Crippen molar-refractivity contribution in [3.05, 3.63) is 35.9 Å². The molecule has 1 heterocycles. The maximum atomic E-state index is 11.8. The van der Waals surface area contributed by atoms with E-state index in [0.717, 1.165) is 5.17 Å². The summed E-state index contributed by atoms with van der Waals surface area (Å²) in [4.78, 5) is 28.0. The second-order valence-corrected chi connectivity index (χ2v) is 3.74. The fourth-order valence-electron chi connectivity index (χ4n) is 1.60. The predicted octanol–water partition coefficient (Wildman–Crippen LogP) is -0.732. The van der Waals surface area contributed by atoms with Crippen molar-refractivity contribution in [1.29, 1.82) is 0 Å². The number of primary amides is 1. The minimum atomic E-state index is -0.831. The predicted molar refractivity (Wildman–Crippen MR) is 70.0 cm³/mol. The molecular weight excluding hydrogens is 259 g/mol. The molecule has 0 aliphatic carbocycles. The zero-order valence-electron chi connectivity index (χ0n) is 9.70. The molecule has 7 nitrogen and oxygen atoms in total. The number of hydrogen-bond donors (Lipinski definition) is 2. The van der Waals surface area contributed by atoms with Gasteiger partial charge in [0.15, 0.2) is 0 Å². The van der Waals surface area contributed by atoms with Crippen molar-refractivity contribution in [3.8, 4) is 0 Å². The van der Waals surface area contributed by atoms with E-state index in [9.17, 15) is 9.59 Å². The third-order valence-electron chi connectivity index (χ3n) is 2.47. The Balaban J connectivity index is 0.00000180. The number of hydrogen-bond acceptors (Lipinski definition) is 5. The number of rotatable bonds is 2. The second-order valence-electron chi connectivity index (χ2n) is 3.74. The maximum absolute atomic E-state index is 11.8. The van der Waals surface area contributed by atoms with Crippen molar-refractivity contribution in [2.24, 2.45) is 5.73 Å².